The summed E-state index contributed by atoms with van der Waals surface area (Å²) in [5.41, 5.74) is -0.485. The molecule has 0 aromatic carbocycles. The van der Waals surface area contributed by atoms with Gasteiger partial charge < -0.3 is 10.2 Å². The molecular weight excluding hydrogens is 486 g/mol. The van der Waals surface area contributed by atoms with Crippen molar-refractivity contribution in [2.24, 2.45) is 11.8 Å². The molecule has 194 valence electrons. The van der Waals surface area contributed by atoms with Crippen molar-refractivity contribution in [3.8, 4) is 0 Å². The highest BCUT2D eigenvalue weighted by Gasteiger charge is 2.32. The second kappa shape index (κ2) is 11.1. The quantitative estimate of drug-likeness (QED) is 0.533. The minimum atomic E-state index is -3.79. The fourth-order valence-electron chi connectivity index (χ4n) is 5.49. The highest BCUT2D eigenvalue weighted by molar-refractivity contribution is 7.89. The first-order valence-electron chi connectivity index (χ1n) is 12.6. The van der Waals surface area contributed by atoms with Crippen molar-refractivity contribution in [2.45, 2.75) is 64.3 Å². The summed E-state index contributed by atoms with van der Waals surface area (Å²) in [6.45, 7) is 10.7. The number of likely N-dealkylation sites (tertiary alicyclic amines) is 1. The smallest absolute Gasteiger partial charge is 0.263 e. The monoisotopic (exact) mass is 523 g/mol. The summed E-state index contributed by atoms with van der Waals surface area (Å²) in [6, 6.07) is 0. The van der Waals surface area contributed by atoms with Gasteiger partial charge in [0.1, 0.15) is 16.3 Å². The number of carbonyl (C=O) groups is 1. The van der Waals surface area contributed by atoms with Gasteiger partial charge in [-0.05, 0) is 51.0 Å². The molecular formula is C24H37N5O4S2. The van der Waals surface area contributed by atoms with Crippen LogP contribution in [0.3, 0.4) is 0 Å². The maximum atomic E-state index is 13.4. The van der Waals surface area contributed by atoms with Gasteiger partial charge in [0.25, 0.3) is 5.56 Å². The molecule has 2 unspecified atom stereocenters. The van der Waals surface area contributed by atoms with Crippen molar-refractivity contribution in [3.63, 3.8) is 0 Å². The van der Waals surface area contributed by atoms with Crippen LogP contribution >= 0.6 is 11.3 Å². The maximum absolute atomic E-state index is 13.4. The minimum Gasteiger partial charge on any atom is -0.354 e. The summed E-state index contributed by atoms with van der Waals surface area (Å²) in [7, 11) is -3.79. The van der Waals surface area contributed by atoms with Crippen LogP contribution < -0.4 is 10.9 Å². The van der Waals surface area contributed by atoms with E-state index in [0.717, 1.165) is 45.3 Å². The number of fused-ring (bicyclic) bond motifs is 1. The van der Waals surface area contributed by atoms with Crippen molar-refractivity contribution in [2.75, 3.05) is 39.3 Å². The van der Waals surface area contributed by atoms with Gasteiger partial charge in [-0.15, -0.1) is 11.3 Å². The largest absolute Gasteiger partial charge is 0.354 e. The van der Waals surface area contributed by atoms with Crippen molar-refractivity contribution >= 4 is 37.5 Å². The summed E-state index contributed by atoms with van der Waals surface area (Å²) in [6.07, 6.45) is 6.10. The molecule has 0 aliphatic carbocycles. The zero-order chi connectivity index (χ0) is 25.2. The van der Waals surface area contributed by atoms with E-state index >= 15 is 0 Å². The number of thiophene rings is 1. The molecule has 1 N–H and O–H groups in total. The Hall–Kier alpha value is -1.82. The van der Waals surface area contributed by atoms with Crippen molar-refractivity contribution in [1.82, 2.24) is 24.1 Å². The molecule has 2 aliphatic rings. The molecule has 2 saturated heterocycles. The molecule has 2 aromatic heterocycles. The third-order valence-corrected chi connectivity index (χ3v) is 10.2. The van der Waals surface area contributed by atoms with Gasteiger partial charge in [0.05, 0.1) is 11.7 Å². The summed E-state index contributed by atoms with van der Waals surface area (Å²) >= 11 is 1.21. The van der Waals surface area contributed by atoms with Crippen LogP contribution in [0.5, 0.6) is 0 Å². The van der Waals surface area contributed by atoms with Gasteiger partial charge in [-0.3, -0.25) is 14.2 Å². The zero-order valence-electron chi connectivity index (χ0n) is 21.0. The fraction of sp³-hybridized carbons (Fsp3) is 0.708. The zero-order valence-corrected chi connectivity index (χ0v) is 22.6. The first-order valence-corrected chi connectivity index (χ1v) is 14.9. The van der Waals surface area contributed by atoms with E-state index in [1.807, 2.05) is 0 Å². The van der Waals surface area contributed by atoms with E-state index in [4.69, 9.17) is 0 Å². The van der Waals surface area contributed by atoms with Crippen molar-refractivity contribution < 1.29 is 13.2 Å². The number of aryl methyl sites for hydroxylation is 1. The molecule has 2 aromatic rings. The van der Waals surface area contributed by atoms with E-state index in [-0.39, 0.29) is 22.7 Å². The Morgan fingerprint density at radius 1 is 1.17 bits per heavy atom. The lowest BCUT2D eigenvalue weighted by atomic mass is 9.92. The van der Waals surface area contributed by atoms with Crippen LogP contribution in [0.4, 0.5) is 0 Å². The van der Waals surface area contributed by atoms with Crippen LogP contribution in [0.1, 0.15) is 50.8 Å². The molecule has 4 rings (SSSR count). The molecule has 1 amide bonds. The number of hydrogen-bond acceptors (Lipinski definition) is 7. The molecule has 35 heavy (non-hydrogen) atoms. The number of aromatic nitrogens is 2. The van der Waals surface area contributed by atoms with Crippen LogP contribution in [0, 0.1) is 18.8 Å². The number of sulfonamides is 1. The molecule has 0 saturated carbocycles. The third kappa shape index (κ3) is 5.95. The first kappa shape index (κ1) is 26.2. The Bertz CT molecular complexity index is 1210. The normalized spacial score (nSPS) is 22.5. The number of piperidine rings is 2. The third-order valence-electron chi connectivity index (χ3n) is 6.94. The average Bonchev–Trinajstić information content (AvgIpc) is 3.16. The van der Waals surface area contributed by atoms with Crippen LogP contribution in [0.15, 0.2) is 16.0 Å². The molecule has 11 heteroatoms. The summed E-state index contributed by atoms with van der Waals surface area (Å²) in [5.74, 6) is 1.13. The van der Waals surface area contributed by atoms with Gasteiger partial charge in [-0.25, -0.2) is 13.4 Å². The van der Waals surface area contributed by atoms with Gasteiger partial charge >= 0.3 is 0 Å². The molecule has 2 aliphatic heterocycles. The molecule has 2 fully saturated rings. The van der Waals surface area contributed by atoms with Crippen molar-refractivity contribution in [3.05, 3.63) is 21.6 Å². The molecule has 4 heterocycles. The Morgan fingerprint density at radius 2 is 1.86 bits per heavy atom. The van der Waals surface area contributed by atoms with E-state index in [0.29, 0.717) is 41.2 Å². The van der Waals surface area contributed by atoms with Crippen LogP contribution in [0.25, 0.3) is 10.2 Å². The topological polar surface area (TPSA) is 105 Å². The Morgan fingerprint density at radius 3 is 2.54 bits per heavy atom. The van der Waals surface area contributed by atoms with E-state index in [1.165, 1.54) is 33.0 Å². The molecule has 0 spiro atoms. The molecule has 2 atom stereocenters. The fourth-order valence-corrected chi connectivity index (χ4v) is 8.67. The molecule has 0 bridgehead atoms. The van der Waals surface area contributed by atoms with Gasteiger partial charge in [-0.2, -0.15) is 4.31 Å². The standard InChI is InChI=1S/C24H37N5O4S2/c1-17-12-18(2)14-27(13-17)9-7-8-25-20(30)15-28-16-26-23-21(24(28)31)22(19(3)34-23)35(32,33)29-10-5-4-6-11-29/h16-18H,4-15H2,1-3H3,(H,25,30). The average molecular weight is 524 g/mol. The Balaban J connectivity index is 1.42. The first-order chi connectivity index (χ1) is 16.7. The van der Waals surface area contributed by atoms with Gasteiger partial charge in [0.15, 0.2) is 0 Å². The lowest BCUT2D eigenvalue weighted by molar-refractivity contribution is -0.121. The minimum absolute atomic E-state index is 0.0525. The highest BCUT2D eigenvalue weighted by atomic mass is 32.2. The van der Waals surface area contributed by atoms with E-state index in [1.54, 1.807) is 6.92 Å². The number of hydrogen-bond donors (Lipinski definition) is 1. The van der Waals surface area contributed by atoms with Crippen LogP contribution in [-0.2, 0) is 21.4 Å². The summed E-state index contributed by atoms with van der Waals surface area (Å²) in [4.78, 5) is 33.6. The second-order valence-corrected chi connectivity index (χ2v) is 13.3. The Labute approximate surface area is 211 Å². The maximum Gasteiger partial charge on any atom is 0.263 e. The number of carbonyl (C=O) groups excluding carboxylic acids is 1. The van der Waals surface area contributed by atoms with Crippen LogP contribution in [0.2, 0.25) is 0 Å². The number of nitrogens with one attached hydrogen (secondary N) is 1. The number of rotatable bonds is 8. The van der Waals surface area contributed by atoms with Gasteiger partial charge in [0.2, 0.25) is 15.9 Å². The SMILES string of the molecule is Cc1sc2ncn(CC(=O)NCCCN3CC(C)CC(C)C3)c(=O)c2c1S(=O)(=O)N1CCCCC1. The lowest BCUT2D eigenvalue weighted by Crippen LogP contribution is -2.40. The Kier molecular flexibility index (Phi) is 8.30. The predicted molar refractivity (Wildman–Crippen MR) is 138 cm³/mol. The molecule has 9 nitrogen and oxygen atoms in total. The lowest BCUT2D eigenvalue weighted by Gasteiger charge is -2.34. The summed E-state index contributed by atoms with van der Waals surface area (Å²) in [5, 5.41) is 2.99. The van der Waals surface area contributed by atoms with E-state index in [9.17, 15) is 18.0 Å². The predicted octanol–water partition coefficient (Wildman–Crippen LogP) is 2.43. The van der Waals surface area contributed by atoms with Gasteiger partial charge in [0, 0.05) is 37.6 Å². The number of nitrogens with zero attached hydrogens (tertiary/aromatic N) is 4. The summed E-state index contributed by atoms with van der Waals surface area (Å²) < 4.78 is 29.5. The second-order valence-electron chi connectivity index (χ2n) is 10.2. The number of amides is 1. The van der Waals surface area contributed by atoms with E-state index < -0.39 is 15.6 Å². The van der Waals surface area contributed by atoms with Gasteiger partial charge in [-0.1, -0.05) is 20.3 Å². The van der Waals surface area contributed by atoms with Crippen LogP contribution in [-0.4, -0.2) is 72.3 Å². The van der Waals surface area contributed by atoms with Crippen molar-refractivity contribution in [1.29, 1.82) is 0 Å². The highest BCUT2D eigenvalue weighted by Crippen LogP contribution is 2.33. The molecule has 0 radical (unpaired) electrons. The van der Waals surface area contributed by atoms with E-state index in [2.05, 4.69) is 29.0 Å².